The Kier molecular flexibility index (Phi) is 2.64. The molecule has 0 aliphatic heterocycles. The average molecular weight is 197 g/mol. The van der Waals surface area contributed by atoms with Crippen LogP contribution in [-0.2, 0) is 17.6 Å². The van der Waals surface area contributed by atoms with Crippen molar-refractivity contribution in [2.75, 3.05) is 0 Å². The molecule has 1 aliphatic rings. The third kappa shape index (κ3) is 2.13. The number of ketones is 1. The van der Waals surface area contributed by atoms with E-state index in [0.717, 1.165) is 17.5 Å². The van der Waals surface area contributed by atoms with E-state index in [0.29, 0.717) is 18.6 Å². The van der Waals surface area contributed by atoms with Crippen LogP contribution in [0, 0.1) is 11.3 Å². The summed E-state index contributed by atoms with van der Waals surface area (Å²) in [5.74, 6) is 0.322. The lowest BCUT2D eigenvalue weighted by Gasteiger charge is -2.14. The summed E-state index contributed by atoms with van der Waals surface area (Å²) < 4.78 is 0. The molecule has 0 N–H and O–H groups in total. The summed E-state index contributed by atoms with van der Waals surface area (Å²) in [6.07, 6.45) is 5.31. The van der Waals surface area contributed by atoms with Crippen LogP contribution < -0.4 is 0 Å². The van der Waals surface area contributed by atoms with E-state index in [4.69, 9.17) is 5.26 Å². The van der Waals surface area contributed by atoms with Crippen LogP contribution in [0.25, 0.3) is 6.08 Å². The number of fused-ring (bicyclic) bond motifs is 1. The standard InChI is InChI=1S/C13H11NO/c14-7-1-2-10-3-4-12-9-13(15)6-5-11(12)8-10/h1-4,8H,5-6,9H2. The summed E-state index contributed by atoms with van der Waals surface area (Å²) in [6.45, 7) is 0. The molecule has 0 aromatic heterocycles. The van der Waals surface area contributed by atoms with Crippen LogP contribution in [0.3, 0.4) is 0 Å². The zero-order valence-corrected chi connectivity index (χ0v) is 8.36. The maximum atomic E-state index is 11.2. The smallest absolute Gasteiger partial charge is 0.137 e. The molecule has 0 saturated heterocycles. The minimum Gasteiger partial charge on any atom is -0.299 e. The molecule has 74 valence electrons. The summed E-state index contributed by atoms with van der Waals surface area (Å²) in [5.41, 5.74) is 3.42. The zero-order valence-electron chi connectivity index (χ0n) is 8.36. The molecule has 1 aromatic rings. The first-order valence-corrected chi connectivity index (χ1v) is 4.99. The summed E-state index contributed by atoms with van der Waals surface area (Å²) >= 11 is 0. The maximum absolute atomic E-state index is 11.2. The molecule has 0 fully saturated rings. The van der Waals surface area contributed by atoms with Gasteiger partial charge in [-0.05, 0) is 29.2 Å². The van der Waals surface area contributed by atoms with E-state index in [-0.39, 0.29) is 0 Å². The SMILES string of the molecule is N#CC=Cc1ccc2c(c1)CCC(=O)C2. The lowest BCUT2D eigenvalue weighted by atomic mass is 9.89. The lowest BCUT2D eigenvalue weighted by molar-refractivity contribution is -0.118. The van der Waals surface area contributed by atoms with Crippen molar-refractivity contribution in [3.63, 3.8) is 0 Å². The first-order chi connectivity index (χ1) is 7.29. The van der Waals surface area contributed by atoms with Gasteiger partial charge in [0.25, 0.3) is 0 Å². The average Bonchev–Trinajstić information content (AvgIpc) is 2.26. The molecule has 0 spiro atoms. The Labute approximate surface area is 88.8 Å². The van der Waals surface area contributed by atoms with Gasteiger partial charge in [-0.1, -0.05) is 18.2 Å². The number of benzene rings is 1. The normalized spacial score (nSPS) is 15.0. The van der Waals surface area contributed by atoms with Gasteiger partial charge in [0.2, 0.25) is 0 Å². The van der Waals surface area contributed by atoms with Gasteiger partial charge < -0.3 is 0 Å². The van der Waals surface area contributed by atoms with Crippen LogP contribution in [0.2, 0.25) is 0 Å². The van der Waals surface area contributed by atoms with Gasteiger partial charge in [-0.3, -0.25) is 4.79 Å². The van der Waals surface area contributed by atoms with Gasteiger partial charge in [0.1, 0.15) is 5.78 Å². The Bertz CT molecular complexity index is 466. The summed E-state index contributed by atoms with van der Waals surface area (Å²) in [6, 6.07) is 7.97. The molecule has 2 heteroatoms. The van der Waals surface area contributed by atoms with E-state index >= 15 is 0 Å². The Morgan fingerprint density at radius 3 is 2.93 bits per heavy atom. The monoisotopic (exact) mass is 197 g/mol. The fourth-order valence-electron chi connectivity index (χ4n) is 1.86. The first-order valence-electron chi connectivity index (χ1n) is 4.99. The van der Waals surface area contributed by atoms with Crippen molar-refractivity contribution in [2.45, 2.75) is 19.3 Å². The van der Waals surface area contributed by atoms with Crippen molar-refractivity contribution >= 4 is 11.9 Å². The fraction of sp³-hybridized carbons (Fsp3) is 0.231. The molecule has 0 unspecified atom stereocenters. The molecular formula is C13H11NO. The minimum atomic E-state index is 0.322. The third-order valence-corrected chi connectivity index (χ3v) is 2.64. The molecule has 0 amide bonds. The van der Waals surface area contributed by atoms with Gasteiger partial charge >= 0.3 is 0 Å². The van der Waals surface area contributed by atoms with Crippen molar-refractivity contribution in [1.29, 1.82) is 5.26 Å². The van der Waals surface area contributed by atoms with Gasteiger partial charge in [0, 0.05) is 18.9 Å². The van der Waals surface area contributed by atoms with Gasteiger partial charge in [0.15, 0.2) is 0 Å². The Hall–Kier alpha value is -1.88. The van der Waals surface area contributed by atoms with Crippen molar-refractivity contribution < 1.29 is 4.79 Å². The highest BCUT2D eigenvalue weighted by atomic mass is 16.1. The number of Topliss-reactive ketones (excluding diaryl/α,β-unsaturated/α-hetero) is 1. The number of carbonyl (C=O) groups is 1. The summed E-state index contributed by atoms with van der Waals surface area (Å²) in [7, 11) is 0. The van der Waals surface area contributed by atoms with Crippen LogP contribution in [0.4, 0.5) is 0 Å². The number of hydrogen-bond acceptors (Lipinski definition) is 2. The molecule has 0 saturated carbocycles. The number of rotatable bonds is 1. The van der Waals surface area contributed by atoms with Crippen LogP contribution in [0.15, 0.2) is 24.3 Å². The summed E-state index contributed by atoms with van der Waals surface area (Å²) in [5, 5.41) is 8.42. The fourth-order valence-corrected chi connectivity index (χ4v) is 1.86. The topological polar surface area (TPSA) is 40.9 Å². The molecule has 0 heterocycles. The van der Waals surface area contributed by atoms with Crippen LogP contribution in [0.5, 0.6) is 0 Å². The number of allylic oxidation sites excluding steroid dienone is 1. The molecule has 2 nitrogen and oxygen atoms in total. The van der Waals surface area contributed by atoms with E-state index < -0.39 is 0 Å². The molecular weight excluding hydrogens is 186 g/mol. The van der Waals surface area contributed by atoms with Crippen molar-refractivity contribution in [3.05, 3.63) is 41.0 Å². The molecule has 1 aliphatic carbocycles. The van der Waals surface area contributed by atoms with Crippen molar-refractivity contribution in [3.8, 4) is 6.07 Å². The number of carbonyl (C=O) groups excluding carboxylic acids is 1. The number of nitrogens with zero attached hydrogens (tertiary/aromatic N) is 1. The molecule has 15 heavy (non-hydrogen) atoms. The second kappa shape index (κ2) is 4.10. The van der Waals surface area contributed by atoms with Crippen LogP contribution >= 0.6 is 0 Å². The quantitative estimate of drug-likeness (QED) is 0.648. The van der Waals surface area contributed by atoms with Crippen LogP contribution in [0.1, 0.15) is 23.1 Å². The van der Waals surface area contributed by atoms with Crippen molar-refractivity contribution in [1.82, 2.24) is 0 Å². The van der Waals surface area contributed by atoms with Crippen LogP contribution in [-0.4, -0.2) is 5.78 Å². The Balaban J connectivity index is 2.31. The maximum Gasteiger partial charge on any atom is 0.137 e. The molecule has 0 radical (unpaired) electrons. The highest BCUT2D eigenvalue weighted by Gasteiger charge is 2.14. The van der Waals surface area contributed by atoms with E-state index in [1.165, 1.54) is 11.6 Å². The predicted octanol–water partition coefficient (Wildman–Crippen LogP) is 2.28. The third-order valence-electron chi connectivity index (χ3n) is 2.64. The molecule has 0 bridgehead atoms. The number of aryl methyl sites for hydroxylation is 1. The van der Waals surface area contributed by atoms with Crippen molar-refractivity contribution in [2.24, 2.45) is 0 Å². The second-order valence-electron chi connectivity index (χ2n) is 3.71. The highest BCUT2D eigenvalue weighted by Crippen LogP contribution is 2.20. The minimum absolute atomic E-state index is 0.322. The summed E-state index contributed by atoms with van der Waals surface area (Å²) in [4.78, 5) is 11.2. The number of hydrogen-bond donors (Lipinski definition) is 0. The van der Waals surface area contributed by atoms with E-state index in [1.807, 2.05) is 18.2 Å². The lowest BCUT2D eigenvalue weighted by Crippen LogP contribution is -2.12. The molecule has 1 aromatic carbocycles. The van der Waals surface area contributed by atoms with Gasteiger partial charge in [-0.15, -0.1) is 0 Å². The number of nitriles is 1. The van der Waals surface area contributed by atoms with Gasteiger partial charge in [0.05, 0.1) is 6.07 Å². The largest absolute Gasteiger partial charge is 0.299 e. The Morgan fingerprint density at radius 1 is 1.27 bits per heavy atom. The highest BCUT2D eigenvalue weighted by molar-refractivity contribution is 5.83. The second-order valence-corrected chi connectivity index (χ2v) is 3.71. The zero-order chi connectivity index (χ0) is 10.7. The molecule has 0 atom stereocenters. The van der Waals surface area contributed by atoms with Gasteiger partial charge in [-0.2, -0.15) is 5.26 Å². The van der Waals surface area contributed by atoms with E-state index in [2.05, 4.69) is 6.07 Å². The van der Waals surface area contributed by atoms with Gasteiger partial charge in [-0.25, -0.2) is 0 Å². The molecule has 2 rings (SSSR count). The van der Waals surface area contributed by atoms with E-state index in [1.54, 1.807) is 6.08 Å². The van der Waals surface area contributed by atoms with E-state index in [9.17, 15) is 4.79 Å². The predicted molar refractivity (Wildman–Crippen MR) is 58.1 cm³/mol. The Morgan fingerprint density at radius 2 is 2.13 bits per heavy atom. The first kappa shape index (κ1) is 9.67.